The predicted molar refractivity (Wildman–Crippen MR) is 85.6 cm³/mol. The Morgan fingerprint density at radius 1 is 1.50 bits per heavy atom. The van der Waals surface area contributed by atoms with Crippen LogP contribution >= 0.6 is 23.1 Å². The number of thiophene rings is 1. The van der Waals surface area contributed by atoms with Crippen LogP contribution in [0.2, 0.25) is 0 Å². The van der Waals surface area contributed by atoms with Gasteiger partial charge in [-0.2, -0.15) is 11.8 Å². The minimum Gasteiger partial charge on any atom is -0.387 e. The van der Waals surface area contributed by atoms with E-state index in [0.717, 1.165) is 12.2 Å². The molecule has 1 saturated heterocycles. The second-order valence-electron chi connectivity index (χ2n) is 5.92. The molecule has 0 aromatic carbocycles. The van der Waals surface area contributed by atoms with Gasteiger partial charge >= 0.3 is 6.03 Å². The van der Waals surface area contributed by atoms with Crippen LogP contribution < -0.4 is 10.6 Å². The highest BCUT2D eigenvalue weighted by Gasteiger charge is 2.32. The van der Waals surface area contributed by atoms with E-state index in [1.807, 2.05) is 11.4 Å². The van der Waals surface area contributed by atoms with E-state index >= 15 is 0 Å². The fourth-order valence-electron chi connectivity index (χ4n) is 2.10. The van der Waals surface area contributed by atoms with E-state index in [0.29, 0.717) is 18.8 Å². The highest BCUT2D eigenvalue weighted by Crippen LogP contribution is 2.27. The van der Waals surface area contributed by atoms with E-state index in [2.05, 4.69) is 30.5 Å². The zero-order valence-corrected chi connectivity index (χ0v) is 13.6. The molecule has 1 aliphatic rings. The van der Waals surface area contributed by atoms with Gasteiger partial charge in [0.2, 0.25) is 0 Å². The maximum Gasteiger partial charge on any atom is 0.314 e. The quantitative estimate of drug-likeness (QED) is 0.781. The normalized spacial score (nSPS) is 22.8. The molecule has 1 aliphatic heterocycles. The largest absolute Gasteiger partial charge is 0.387 e. The molecule has 0 aliphatic carbocycles. The number of carbonyl (C=O) groups excluding carboxylic acids is 1. The van der Waals surface area contributed by atoms with Gasteiger partial charge in [0.05, 0.1) is 5.60 Å². The molecule has 2 rings (SSSR count). The number of carbonyl (C=O) groups is 1. The van der Waals surface area contributed by atoms with Gasteiger partial charge in [0.1, 0.15) is 0 Å². The first kappa shape index (κ1) is 15.7. The second-order valence-corrected chi connectivity index (χ2v) is 7.98. The van der Waals surface area contributed by atoms with Gasteiger partial charge in [0, 0.05) is 29.1 Å². The molecular weight excluding hydrogens is 292 g/mol. The molecule has 3 N–H and O–H groups in total. The van der Waals surface area contributed by atoms with Crippen molar-refractivity contribution in [1.29, 1.82) is 0 Å². The number of hydrogen-bond donors (Lipinski definition) is 3. The molecule has 1 aromatic heterocycles. The Labute approximate surface area is 128 Å². The van der Waals surface area contributed by atoms with Crippen molar-refractivity contribution in [2.75, 3.05) is 24.6 Å². The molecule has 1 unspecified atom stereocenters. The lowest BCUT2D eigenvalue weighted by Gasteiger charge is -2.25. The first-order valence-electron chi connectivity index (χ1n) is 6.77. The maximum atomic E-state index is 11.8. The molecule has 2 amide bonds. The summed E-state index contributed by atoms with van der Waals surface area (Å²) in [6.45, 7) is 5.12. The summed E-state index contributed by atoms with van der Waals surface area (Å²) in [5.74, 6) is 1.67. The number of nitrogens with one attached hydrogen (secondary N) is 2. The van der Waals surface area contributed by atoms with Crippen molar-refractivity contribution in [3.8, 4) is 0 Å². The van der Waals surface area contributed by atoms with Crippen LogP contribution in [0.15, 0.2) is 17.5 Å². The average molecular weight is 314 g/mol. The smallest absolute Gasteiger partial charge is 0.314 e. The molecule has 0 radical (unpaired) electrons. The summed E-state index contributed by atoms with van der Waals surface area (Å²) in [5, 5.41) is 17.9. The van der Waals surface area contributed by atoms with Crippen molar-refractivity contribution < 1.29 is 9.90 Å². The Morgan fingerprint density at radius 3 is 2.90 bits per heavy atom. The van der Waals surface area contributed by atoms with Crippen molar-refractivity contribution in [2.45, 2.75) is 31.3 Å². The lowest BCUT2D eigenvalue weighted by Crippen LogP contribution is -2.48. The first-order chi connectivity index (χ1) is 9.41. The molecule has 1 aromatic rings. The Morgan fingerprint density at radius 2 is 2.30 bits per heavy atom. The third-order valence-electron chi connectivity index (χ3n) is 3.54. The number of urea groups is 1. The number of rotatable bonds is 5. The highest BCUT2D eigenvalue weighted by molar-refractivity contribution is 7.99. The third-order valence-corrected chi connectivity index (χ3v) is 6.01. The zero-order chi connectivity index (χ0) is 14.6. The molecule has 4 nitrogen and oxygen atoms in total. The van der Waals surface area contributed by atoms with Crippen molar-refractivity contribution in [1.82, 2.24) is 10.6 Å². The summed E-state index contributed by atoms with van der Waals surface area (Å²) >= 11 is 3.43. The number of aliphatic hydroxyl groups is 1. The molecule has 1 fully saturated rings. The van der Waals surface area contributed by atoms with Gasteiger partial charge in [0.15, 0.2) is 0 Å². The summed E-state index contributed by atoms with van der Waals surface area (Å²) in [4.78, 5) is 13.1. The highest BCUT2D eigenvalue weighted by atomic mass is 32.2. The lowest BCUT2D eigenvalue weighted by molar-refractivity contribution is 0.0699. The van der Waals surface area contributed by atoms with Crippen LogP contribution in [0.5, 0.6) is 0 Å². The predicted octanol–water partition coefficient (Wildman–Crippen LogP) is 2.19. The van der Waals surface area contributed by atoms with Gasteiger partial charge in [-0.05, 0) is 23.6 Å². The Hall–Kier alpha value is -0.720. The summed E-state index contributed by atoms with van der Waals surface area (Å²) in [6, 6.07) is 3.90. The molecule has 0 bridgehead atoms. The Kier molecular flexibility index (Phi) is 4.99. The van der Waals surface area contributed by atoms with Crippen molar-refractivity contribution in [2.24, 2.45) is 0 Å². The van der Waals surface area contributed by atoms with Crippen LogP contribution in [0, 0.1) is 0 Å². The fourth-order valence-corrected chi connectivity index (χ4v) is 4.24. The van der Waals surface area contributed by atoms with Crippen LogP contribution in [-0.2, 0) is 5.41 Å². The fraction of sp³-hybridized carbons (Fsp3) is 0.643. The van der Waals surface area contributed by atoms with Gasteiger partial charge in [0.25, 0.3) is 0 Å². The van der Waals surface area contributed by atoms with Crippen molar-refractivity contribution in [3.63, 3.8) is 0 Å². The van der Waals surface area contributed by atoms with Crippen molar-refractivity contribution >= 4 is 29.1 Å². The van der Waals surface area contributed by atoms with Gasteiger partial charge in [-0.1, -0.05) is 19.9 Å². The van der Waals surface area contributed by atoms with Crippen LogP contribution in [0.1, 0.15) is 25.1 Å². The molecule has 112 valence electrons. The van der Waals surface area contributed by atoms with E-state index in [4.69, 9.17) is 0 Å². The van der Waals surface area contributed by atoms with Crippen LogP contribution in [-0.4, -0.2) is 41.3 Å². The molecule has 1 atom stereocenters. The van der Waals surface area contributed by atoms with Gasteiger partial charge < -0.3 is 15.7 Å². The molecule has 0 spiro atoms. The van der Waals surface area contributed by atoms with E-state index in [9.17, 15) is 9.90 Å². The van der Waals surface area contributed by atoms with E-state index in [-0.39, 0.29) is 11.4 Å². The number of amides is 2. The Balaban J connectivity index is 1.75. The summed E-state index contributed by atoms with van der Waals surface area (Å²) in [5.41, 5.74) is -0.809. The molecule has 0 saturated carbocycles. The number of thioether (sulfide) groups is 1. The lowest BCUT2D eigenvalue weighted by atomic mass is 9.91. The molecule has 2 heterocycles. The minimum atomic E-state index is -0.731. The van der Waals surface area contributed by atoms with E-state index in [1.54, 1.807) is 23.1 Å². The third kappa shape index (κ3) is 4.14. The topological polar surface area (TPSA) is 61.4 Å². The van der Waals surface area contributed by atoms with Gasteiger partial charge in [-0.25, -0.2) is 4.79 Å². The summed E-state index contributed by atoms with van der Waals surface area (Å²) in [7, 11) is 0. The van der Waals surface area contributed by atoms with Gasteiger partial charge in [-0.3, -0.25) is 0 Å². The molecular formula is C14H22N2O2S2. The Bertz CT molecular complexity index is 440. The second kappa shape index (κ2) is 6.37. The SMILES string of the molecule is CC(C)(CNC(=O)NCC1(O)CCSC1)c1cccs1. The monoisotopic (exact) mass is 314 g/mol. The molecule has 6 heteroatoms. The maximum absolute atomic E-state index is 11.8. The van der Waals surface area contributed by atoms with E-state index < -0.39 is 5.60 Å². The standard InChI is InChI=1S/C14H22N2O2S2/c1-13(2,11-4-3-6-20-11)8-15-12(17)16-9-14(18)5-7-19-10-14/h3-4,6,18H,5,7-10H2,1-2H3,(H2,15,16,17). The van der Waals surface area contributed by atoms with Crippen LogP contribution in [0.3, 0.4) is 0 Å². The first-order valence-corrected chi connectivity index (χ1v) is 8.81. The van der Waals surface area contributed by atoms with Crippen LogP contribution in [0.25, 0.3) is 0 Å². The summed E-state index contributed by atoms with van der Waals surface area (Å²) < 4.78 is 0. The average Bonchev–Trinajstić information content (AvgIpc) is 3.06. The molecule has 20 heavy (non-hydrogen) atoms. The zero-order valence-electron chi connectivity index (χ0n) is 11.9. The van der Waals surface area contributed by atoms with Crippen molar-refractivity contribution in [3.05, 3.63) is 22.4 Å². The number of hydrogen-bond acceptors (Lipinski definition) is 4. The van der Waals surface area contributed by atoms with Gasteiger partial charge in [-0.15, -0.1) is 11.3 Å². The van der Waals surface area contributed by atoms with E-state index in [1.165, 1.54) is 4.88 Å². The summed E-state index contributed by atoms with van der Waals surface area (Å²) in [6.07, 6.45) is 0.749. The van der Waals surface area contributed by atoms with Crippen LogP contribution in [0.4, 0.5) is 4.79 Å². The minimum absolute atomic E-state index is 0.0778.